The summed E-state index contributed by atoms with van der Waals surface area (Å²) in [6.45, 7) is 3.33. The van der Waals surface area contributed by atoms with Crippen LogP contribution in [0.25, 0.3) is 0 Å². The molecule has 0 spiro atoms. The van der Waals surface area contributed by atoms with Crippen LogP contribution in [0.15, 0.2) is 0 Å². The van der Waals surface area contributed by atoms with E-state index in [1.165, 1.54) is 25.7 Å². The molecule has 1 saturated carbocycles. The third-order valence-electron chi connectivity index (χ3n) is 3.79. The van der Waals surface area contributed by atoms with Gasteiger partial charge in [0, 0.05) is 24.5 Å². The van der Waals surface area contributed by atoms with Crippen LogP contribution in [0.5, 0.6) is 0 Å². The standard InChI is InChI=1S/C12H20N2/c1-9-2-3-11(8-12(9)13)10-4-6-14-7-5-10/h9-12,14H,2-4,6,8,13H2,1H3. The first-order valence-corrected chi connectivity index (χ1v) is 5.76. The molecule has 78 valence electrons. The summed E-state index contributed by atoms with van der Waals surface area (Å²) in [7, 11) is 0. The fraction of sp³-hybridized carbons (Fsp3) is 0.833. The third kappa shape index (κ3) is 2.04. The number of hydrogen-bond donors (Lipinski definition) is 2. The second-order valence-electron chi connectivity index (χ2n) is 4.81. The van der Waals surface area contributed by atoms with Crippen LogP contribution in [0.1, 0.15) is 32.6 Å². The first-order chi connectivity index (χ1) is 6.77. The maximum atomic E-state index is 6.11. The van der Waals surface area contributed by atoms with Crippen molar-refractivity contribution in [3.05, 3.63) is 0 Å². The fourth-order valence-electron chi connectivity index (χ4n) is 2.62. The van der Waals surface area contributed by atoms with Crippen molar-refractivity contribution in [2.45, 2.75) is 38.6 Å². The Morgan fingerprint density at radius 2 is 2.14 bits per heavy atom. The fourth-order valence-corrected chi connectivity index (χ4v) is 2.62. The Bertz CT molecular complexity index is 251. The highest BCUT2D eigenvalue weighted by molar-refractivity contribution is 5.08. The SMILES string of the molecule is CC1CCC(C2C#CNCC2)CC1N. The number of nitrogens with one attached hydrogen (secondary N) is 1. The van der Waals surface area contributed by atoms with Crippen molar-refractivity contribution < 1.29 is 0 Å². The van der Waals surface area contributed by atoms with Gasteiger partial charge in [-0.15, -0.1) is 0 Å². The van der Waals surface area contributed by atoms with Crippen LogP contribution in [0.2, 0.25) is 0 Å². The molecule has 14 heavy (non-hydrogen) atoms. The molecule has 2 rings (SSSR count). The van der Waals surface area contributed by atoms with Gasteiger partial charge in [-0.3, -0.25) is 0 Å². The zero-order valence-corrected chi connectivity index (χ0v) is 8.92. The van der Waals surface area contributed by atoms with E-state index in [2.05, 4.69) is 24.2 Å². The van der Waals surface area contributed by atoms with Gasteiger partial charge in [-0.1, -0.05) is 12.8 Å². The van der Waals surface area contributed by atoms with E-state index in [1.54, 1.807) is 0 Å². The van der Waals surface area contributed by atoms with E-state index in [9.17, 15) is 0 Å². The predicted octanol–water partition coefficient (Wildman–Crippen LogP) is 1.32. The lowest BCUT2D eigenvalue weighted by Gasteiger charge is -2.35. The Hall–Kier alpha value is -0.680. The minimum atomic E-state index is 0.408. The molecular formula is C12H20N2. The van der Waals surface area contributed by atoms with Crippen LogP contribution in [-0.4, -0.2) is 12.6 Å². The molecule has 0 radical (unpaired) electrons. The molecule has 4 unspecified atom stereocenters. The quantitative estimate of drug-likeness (QED) is 0.615. The van der Waals surface area contributed by atoms with Gasteiger partial charge in [0.05, 0.1) is 0 Å². The normalized spacial score (nSPS) is 42.1. The average Bonchev–Trinajstić information content (AvgIpc) is 2.23. The molecule has 3 N–H and O–H groups in total. The van der Waals surface area contributed by atoms with Gasteiger partial charge < -0.3 is 11.1 Å². The van der Waals surface area contributed by atoms with E-state index in [0.717, 1.165) is 12.5 Å². The summed E-state index contributed by atoms with van der Waals surface area (Å²) in [5, 5.41) is 3.08. The second-order valence-corrected chi connectivity index (χ2v) is 4.81. The Balaban J connectivity index is 1.94. The lowest BCUT2D eigenvalue weighted by Crippen LogP contribution is -2.38. The Morgan fingerprint density at radius 1 is 1.29 bits per heavy atom. The molecule has 0 amide bonds. The average molecular weight is 192 g/mol. The third-order valence-corrected chi connectivity index (χ3v) is 3.79. The van der Waals surface area contributed by atoms with Crippen molar-refractivity contribution in [1.29, 1.82) is 0 Å². The number of hydrogen-bond acceptors (Lipinski definition) is 2. The van der Waals surface area contributed by atoms with Crippen LogP contribution in [0, 0.1) is 29.7 Å². The van der Waals surface area contributed by atoms with Crippen molar-refractivity contribution in [1.82, 2.24) is 5.32 Å². The lowest BCUT2D eigenvalue weighted by atomic mass is 9.73. The van der Waals surface area contributed by atoms with Gasteiger partial charge in [-0.05, 0) is 37.5 Å². The minimum Gasteiger partial charge on any atom is -0.346 e. The molecule has 2 heteroatoms. The van der Waals surface area contributed by atoms with E-state index in [4.69, 9.17) is 5.73 Å². The van der Waals surface area contributed by atoms with Crippen LogP contribution in [0.3, 0.4) is 0 Å². The summed E-state index contributed by atoms with van der Waals surface area (Å²) in [5.41, 5.74) is 6.11. The first-order valence-electron chi connectivity index (χ1n) is 5.76. The van der Waals surface area contributed by atoms with Crippen molar-refractivity contribution in [2.75, 3.05) is 6.54 Å². The van der Waals surface area contributed by atoms with Crippen molar-refractivity contribution in [2.24, 2.45) is 23.5 Å². The van der Waals surface area contributed by atoms with Crippen molar-refractivity contribution >= 4 is 0 Å². The summed E-state index contributed by atoms with van der Waals surface area (Å²) in [6.07, 6.45) is 5.00. The molecule has 1 aliphatic heterocycles. The molecule has 0 aromatic heterocycles. The molecule has 2 aliphatic rings. The molecule has 2 nitrogen and oxygen atoms in total. The van der Waals surface area contributed by atoms with Gasteiger partial charge in [0.1, 0.15) is 0 Å². The van der Waals surface area contributed by atoms with E-state index in [0.29, 0.717) is 17.9 Å². The van der Waals surface area contributed by atoms with Crippen LogP contribution < -0.4 is 11.1 Å². The summed E-state index contributed by atoms with van der Waals surface area (Å²) < 4.78 is 0. The largest absolute Gasteiger partial charge is 0.346 e. The van der Waals surface area contributed by atoms with Gasteiger partial charge in [-0.25, -0.2) is 0 Å². The molecule has 0 aromatic carbocycles. The zero-order chi connectivity index (χ0) is 9.97. The number of nitrogens with two attached hydrogens (primary N) is 1. The molecule has 1 fully saturated rings. The topological polar surface area (TPSA) is 38.0 Å². The highest BCUT2D eigenvalue weighted by Crippen LogP contribution is 2.34. The highest BCUT2D eigenvalue weighted by atomic mass is 14.8. The Morgan fingerprint density at radius 3 is 2.79 bits per heavy atom. The van der Waals surface area contributed by atoms with Gasteiger partial charge in [0.25, 0.3) is 0 Å². The monoisotopic (exact) mass is 192 g/mol. The second kappa shape index (κ2) is 4.23. The van der Waals surface area contributed by atoms with Crippen LogP contribution >= 0.6 is 0 Å². The van der Waals surface area contributed by atoms with Crippen LogP contribution in [-0.2, 0) is 0 Å². The molecule has 0 bridgehead atoms. The Kier molecular flexibility index (Phi) is 2.98. The Labute approximate surface area is 86.6 Å². The summed E-state index contributed by atoms with van der Waals surface area (Å²) in [4.78, 5) is 0. The molecular weight excluding hydrogens is 172 g/mol. The van der Waals surface area contributed by atoms with E-state index < -0.39 is 0 Å². The maximum Gasteiger partial charge on any atom is 0.0266 e. The summed E-state index contributed by atoms with van der Waals surface area (Å²) in [6, 6.07) is 3.43. The smallest absolute Gasteiger partial charge is 0.0266 e. The van der Waals surface area contributed by atoms with E-state index >= 15 is 0 Å². The number of rotatable bonds is 1. The molecule has 1 aliphatic carbocycles. The molecule has 0 aromatic rings. The van der Waals surface area contributed by atoms with Gasteiger partial charge >= 0.3 is 0 Å². The summed E-state index contributed by atoms with van der Waals surface area (Å²) >= 11 is 0. The lowest BCUT2D eigenvalue weighted by molar-refractivity contribution is 0.208. The summed E-state index contributed by atoms with van der Waals surface area (Å²) in [5.74, 6) is 5.38. The van der Waals surface area contributed by atoms with E-state index in [1.807, 2.05) is 0 Å². The van der Waals surface area contributed by atoms with E-state index in [-0.39, 0.29) is 0 Å². The molecule has 1 heterocycles. The van der Waals surface area contributed by atoms with Gasteiger partial charge in [0.2, 0.25) is 0 Å². The van der Waals surface area contributed by atoms with Gasteiger partial charge in [-0.2, -0.15) is 0 Å². The zero-order valence-electron chi connectivity index (χ0n) is 8.92. The van der Waals surface area contributed by atoms with Crippen LogP contribution in [0.4, 0.5) is 0 Å². The maximum absolute atomic E-state index is 6.11. The highest BCUT2D eigenvalue weighted by Gasteiger charge is 2.29. The minimum absolute atomic E-state index is 0.408. The predicted molar refractivity (Wildman–Crippen MR) is 58.4 cm³/mol. The molecule has 4 atom stereocenters. The van der Waals surface area contributed by atoms with Gasteiger partial charge in [0.15, 0.2) is 0 Å². The first kappa shape index (κ1) is 9.86. The molecule has 0 saturated heterocycles. The van der Waals surface area contributed by atoms with Crippen molar-refractivity contribution in [3.63, 3.8) is 0 Å². The van der Waals surface area contributed by atoms with Crippen molar-refractivity contribution in [3.8, 4) is 12.0 Å².